The predicted octanol–water partition coefficient (Wildman–Crippen LogP) is 1.93. The third kappa shape index (κ3) is 5.63. The van der Waals surface area contributed by atoms with Gasteiger partial charge in [-0.25, -0.2) is 18.4 Å². The Morgan fingerprint density at radius 2 is 2.03 bits per heavy atom. The second-order valence-corrected chi connectivity index (χ2v) is 9.25. The van der Waals surface area contributed by atoms with Gasteiger partial charge in [-0.1, -0.05) is 30.3 Å². The van der Waals surface area contributed by atoms with Gasteiger partial charge in [0.1, 0.15) is 16.8 Å². The number of hydrogen-bond acceptors (Lipinski definition) is 6. The number of carboxylic acids is 1. The molecule has 2 fully saturated rings. The number of hydroxylamine groups is 1. The van der Waals surface area contributed by atoms with Gasteiger partial charge in [-0.2, -0.15) is 5.26 Å². The van der Waals surface area contributed by atoms with E-state index in [0.29, 0.717) is 24.8 Å². The van der Waals surface area contributed by atoms with Gasteiger partial charge in [0.05, 0.1) is 12.6 Å². The van der Waals surface area contributed by atoms with Crippen molar-refractivity contribution >= 4 is 12.0 Å². The van der Waals surface area contributed by atoms with Gasteiger partial charge in [-0.15, -0.1) is 0 Å². The van der Waals surface area contributed by atoms with Gasteiger partial charge in [0.2, 0.25) is 0 Å². The molecule has 9 nitrogen and oxygen atoms in total. The van der Waals surface area contributed by atoms with Crippen molar-refractivity contribution in [1.82, 2.24) is 21.0 Å². The van der Waals surface area contributed by atoms with Gasteiger partial charge in [-0.05, 0) is 24.5 Å². The molecule has 4 rings (SSSR count). The van der Waals surface area contributed by atoms with Gasteiger partial charge in [0, 0.05) is 38.4 Å². The number of urea groups is 1. The third-order valence-electron chi connectivity index (χ3n) is 6.38. The Bertz CT molecular complexity index is 1010. The number of carboxylic acid groups (broad SMARTS) is 1. The lowest BCUT2D eigenvalue weighted by Crippen LogP contribution is -2.52. The summed E-state index contributed by atoms with van der Waals surface area (Å²) in [5, 5.41) is 24.1. The van der Waals surface area contributed by atoms with E-state index in [2.05, 4.69) is 22.2 Å². The van der Waals surface area contributed by atoms with E-state index in [4.69, 9.17) is 9.94 Å². The fraction of sp³-hybridized carbons (Fsp3) is 0.522. The SMILES string of the molecule is N#CC1(NC[C@H](CC(F)(F)Cc2ccccc2)NC(=O)N2CCC3(C=C(C(=O)O)NO3)C2)CC1. The Hall–Kier alpha value is -3.23. The monoisotopic (exact) mass is 475 g/mol. The summed E-state index contributed by atoms with van der Waals surface area (Å²) in [5.41, 5.74) is 1.08. The van der Waals surface area contributed by atoms with Crippen LogP contribution in [0.15, 0.2) is 42.1 Å². The fourth-order valence-corrected chi connectivity index (χ4v) is 4.30. The van der Waals surface area contributed by atoms with E-state index in [9.17, 15) is 23.6 Å². The van der Waals surface area contributed by atoms with Crippen LogP contribution in [0.5, 0.6) is 0 Å². The largest absolute Gasteiger partial charge is 0.477 e. The lowest BCUT2D eigenvalue weighted by atomic mass is 10.0. The summed E-state index contributed by atoms with van der Waals surface area (Å²) in [5.74, 6) is -4.24. The van der Waals surface area contributed by atoms with Crippen LogP contribution >= 0.6 is 0 Å². The molecular weight excluding hydrogens is 448 g/mol. The van der Waals surface area contributed by atoms with Gasteiger partial charge < -0.3 is 15.3 Å². The number of likely N-dealkylation sites (tertiary alicyclic amines) is 1. The summed E-state index contributed by atoms with van der Waals surface area (Å²) in [6.07, 6.45) is 2.03. The standard InChI is InChI=1S/C23H27F2N5O4/c24-23(25,10-16-4-2-1-3-5-16)11-17(13-27-21(14-26)6-7-21)28-20(33)30-9-8-22(15-30)12-18(19(31)32)29-34-22/h1-5,12,17,27,29H,6-11,13,15H2,(H,28,33)(H,31,32)/t17-,22?/m0/s1. The first kappa shape index (κ1) is 23.9. The van der Waals surface area contributed by atoms with Crippen molar-refractivity contribution in [2.75, 3.05) is 19.6 Å². The first-order valence-corrected chi connectivity index (χ1v) is 11.2. The molecule has 1 spiro atoms. The van der Waals surface area contributed by atoms with Crippen LogP contribution in [0.3, 0.4) is 0 Å². The van der Waals surface area contributed by atoms with Crippen molar-refractivity contribution in [1.29, 1.82) is 5.26 Å². The molecule has 11 heteroatoms. The second-order valence-electron chi connectivity index (χ2n) is 9.25. The summed E-state index contributed by atoms with van der Waals surface area (Å²) >= 11 is 0. The maximum Gasteiger partial charge on any atom is 0.354 e. The molecule has 1 aromatic rings. The highest BCUT2D eigenvalue weighted by molar-refractivity contribution is 5.86. The van der Waals surface area contributed by atoms with Gasteiger partial charge in [0.25, 0.3) is 5.92 Å². The highest BCUT2D eigenvalue weighted by Crippen LogP contribution is 2.35. The number of benzene rings is 1. The molecule has 1 saturated carbocycles. The maximum absolute atomic E-state index is 14.9. The Morgan fingerprint density at radius 3 is 2.65 bits per heavy atom. The molecule has 2 aliphatic heterocycles. The molecule has 34 heavy (non-hydrogen) atoms. The van der Waals surface area contributed by atoms with E-state index in [0.717, 1.165) is 0 Å². The molecule has 2 atom stereocenters. The third-order valence-corrected chi connectivity index (χ3v) is 6.38. The second kappa shape index (κ2) is 9.19. The van der Waals surface area contributed by atoms with Crippen molar-refractivity contribution < 1.29 is 28.3 Å². The molecule has 1 unspecified atom stereocenters. The minimum absolute atomic E-state index is 0.0315. The lowest BCUT2D eigenvalue weighted by Gasteiger charge is -2.28. The molecule has 0 aromatic heterocycles. The zero-order valence-corrected chi connectivity index (χ0v) is 18.5. The lowest BCUT2D eigenvalue weighted by molar-refractivity contribution is -0.134. The highest BCUT2D eigenvalue weighted by atomic mass is 19.3. The molecule has 0 bridgehead atoms. The Kier molecular flexibility index (Phi) is 6.47. The fourth-order valence-electron chi connectivity index (χ4n) is 4.30. The summed E-state index contributed by atoms with van der Waals surface area (Å²) in [7, 11) is 0. The average molecular weight is 475 g/mol. The van der Waals surface area contributed by atoms with Crippen LogP contribution in [0, 0.1) is 11.3 Å². The van der Waals surface area contributed by atoms with E-state index in [1.165, 1.54) is 11.0 Å². The van der Waals surface area contributed by atoms with Crippen molar-refractivity contribution in [3.63, 3.8) is 0 Å². The zero-order valence-electron chi connectivity index (χ0n) is 18.5. The average Bonchev–Trinajstić information content (AvgIpc) is 3.26. The minimum atomic E-state index is -3.08. The number of hydrogen-bond donors (Lipinski definition) is 4. The minimum Gasteiger partial charge on any atom is -0.477 e. The molecule has 1 saturated heterocycles. The molecule has 4 N–H and O–H groups in total. The predicted molar refractivity (Wildman–Crippen MR) is 116 cm³/mol. The van der Waals surface area contributed by atoms with E-state index >= 15 is 0 Å². The molecule has 1 aromatic carbocycles. The van der Waals surface area contributed by atoms with Crippen LogP contribution in [0.4, 0.5) is 13.6 Å². The number of carbonyl (C=O) groups excluding carboxylic acids is 1. The smallest absolute Gasteiger partial charge is 0.354 e. The van der Waals surface area contributed by atoms with E-state index < -0.39 is 47.9 Å². The number of carbonyl (C=O) groups is 2. The number of nitriles is 1. The number of aliphatic carboxylic acids is 1. The topological polar surface area (TPSA) is 127 Å². The van der Waals surface area contributed by atoms with Gasteiger partial charge in [0.15, 0.2) is 0 Å². The molecule has 2 heterocycles. The molecule has 182 valence electrons. The molecule has 3 aliphatic rings. The number of nitrogens with zero attached hydrogens (tertiary/aromatic N) is 2. The normalized spacial score (nSPS) is 23.7. The molecule has 1 aliphatic carbocycles. The zero-order chi connectivity index (χ0) is 24.4. The van der Waals surface area contributed by atoms with Crippen LogP contribution in [0.1, 0.15) is 31.2 Å². The van der Waals surface area contributed by atoms with Crippen LogP contribution in [0.25, 0.3) is 0 Å². The van der Waals surface area contributed by atoms with Crippen LogP contribution < -0.4 is 16.1 Å². The van der Waals surface area contributed by atoms with Crippen LogP contribution in [-0.4, -0.2) is 64.7 Å². The first-order chi connectivity index (χ1) is 16.1. The van der Waals surface area contributed by atoms with Crippen molar-refractivity contribution in [3.8, 4) is 6.07 Å². The molecule has 2 amide bonds. The highest BCUT2D eigenvalue weighted by Gasteiger charge is 2.46. The molecule has 0 radical (unpaired) electrons. The van der Waals surface area contributed by atoms with E-state index in [1.54, 1.807) is 30.3 Å². The van der Waals surface area contributed by atoms with Crippen molar-refractivity contribution in [3.05, 3.63) is 47.7 Å². The van der Waals surface area contributed by atoms with E-state index in [1.807, 2.05) is 0 Å². The van der Waals surface area contributed by atoms with E-state index in [-0.39, 0.29) is 25.3 Å². The van der Waals surface area contributed by atoms with Crippen LogP contribution in [-0.2, 0) is 16.1 Å². The first-order valence-electron chi connectivity index (χ1n) is 11.2. The summed E-state index contributed by atoms with van der Waals surface area (Å²) in [6.45, 7) is 0.398. The van der Waals surface area contributed by atoms with Crippen molar-refractivity contribution in [2.24, 2.45) is 0 Å². The maximum atomic E-state index is 14.9. The quantitative estimate of drug-likeness (QED) is 0.430. The Morgan fingerprint density at radius 1 is 1.29 bits per heavy atom. The van der Waals surface area contributed by atoms with Crippen molar-refractivity contribution in [2.45, 2.75) is 55.2 Å². The Labute approximate surface area is 195 Å². The number of alkyl halides is 2. The summed E-state index contributed by atoms with van der Waals surface area (Å²) < 4.78 is 29.8. The number of rotatable bonds is 9. The number of nitrogens with one attached hydrogen (secondary N) is 3. The van der Waals surface area contributed by atoms with Gasteiger partial charge in [-0.3, -0.25) is 15.6 Å². The number of amides is 2. The molecular formula is C23H27F2N5O4. The Balaban J connectivity index is 1.40. The van der Waals surface area contributed by atoms with Crippen LogP contribution in [0.2, 0.25) is 0 Å². The van der Waals surface area contributed by atoms with Gasteiger partial charge >= 0.3 is 12.0 Å². The summed E-state index contributed by atoms with van der Waals surface area (Å²) in [4.78, 5) is 30.9. The summed E-state index contributed by atoms with van der Waals surface area (Å²) in [6, 6.07) is 9.13. The number of halogens is 2.